The van der Waals surface area contributed by atoms with Crippen molar-refractivity contribution in [2.75, 3.05) is 46.8 Å². The van der Waals surface area contributed by atoms with Crippen LogP contribution in [0.4, 0.5) is 0 Å². The predicted molar refractivity (Wildman–Crippen MR) is 99.9 cm³/mol. The molecule has 0 atom stereocenters. The van der Waals surface area contributed by atoms with Crippen LogP contribution in [-0.2, 0) is 0 Å². The van der Waals surface area contributed by atoms with E-state index in [9.17, 15) is 4.79 Å². The van der Waals surface area contributed by atoms with Crippen LogP contribution in [0.25, 0.3) is 10.6 Å². The third-order valence-corrected chi connectivity index (χ3v) is 6.70. The minimum Gasteiger partial charge on any atom is -0.338 e. The SMILES string of the molecule is CN1CCN(C)C2(CCN(C(=O)c3cn[nH]c3-c3cccs3)CC2)C1. The zero-order chi connectivity index (χ0) is 17.4. The Bertz CT molecular complexity index is 732. The van der Waals surface area contributed by atoms with Gasteiger partial charge in [0.2, 0.25) is 0 Å². The normalized spacial score (nSPS) is 21.8. The first-order chi connectivity index (χ1) is 12.1. The Balaban J connectivity index is 1.48. The number of rotatable bonds is 2. The van der Waals surface area contributed by atoms with Crippen molar-refractivity contribution in [3.05, 3.63) is 29.3 Å². The van der Waals surface area contributed by atoms with Gasteiger partial charge in [-0.2, -0.15) is 5.10 Å². The van der Waals surface area contributed by atoms with E-state index in [1.807, 2.05) is 22.4 Å². The van der Waals surface area contributed by atoms with Crippen LogP contribution >= 0.6 is 11.3 Å². The number of nitrogens with one attached hydrogen (secondary N) is 1. The van der Waals surface area contributed by atoms with E-state index in [0.29, 0.717) is 5.56 Å². The number of nitrogens with zero attached hydrogens (tertiary/aromatic N) is 4. The minimum atomic E-state index is 0.0961. The van der Waals surface area contributed by atoms with Crippen LogP contribution in [0.5, 0.6) is 0 Å². The molecule has 2 aliphatic rings. The zero-order valence-electron chi connectivity index (χ0n) is 14.9. The number of piperazine rings is 1. The molecule has 25 heavy (non-hydrogen) atoms. The van der Waals surface area contributed by atoms with Gasteiger partial charge in [-0.05, 0) is 38.4 Å². The number of piperidine rings is 1. The molecule has 2 saturated heterocycles. The van der Waals surface area contributed by atoms with Crippen LogP contribution < -0.4 is 0 Å². The van der Waals surface area contributed by atoms with Crippen molar-refractivity contribution in [3.63, 3.8) is 0 Å². The summed E-state index contributed by atoms with van der Waals surface area (Å²) in [5, 5.41) is 9.13. The van der Waals surface area contributed by atoms with Gasteiger partial charge >= 0.3 is 0 Å². The van der Waals surface area contributed by atoms with Crippen molar-refractivity contribution in [1.82, 2.24) is 24.9 Å². The van der Waals surface area contributed by atoms with E-state index in [-0.39, 0.29) is 11.4 Å². The first-order valence-corrected chi connectivity index (χ1v) is 9.73. The van der Waals surface area contributed by atoms with E-state index in [1.165, 1.54) is 0 Å². The number of amides is 1. The molecule has 4 rings (SSSR count). The molecule has 0 aromatic carbocycles. The Morgan fingerprint density at radius 2 is 2.04 bits per heavy atom. The number of aromatic amines is 1. The summed E-state index contributed by atoms with van der Waals surface area (Å²) >= 11 is 1.62. The zero-order valence-corrected chi connectivity index (χ0v) is 15.7. The van der Waals surface area contributed by atoms with Crippen molar-refractivity contribution in [3.8, 4) is 10.6 Å². The topological polar surface area (TPSA) is 55.5 Å². The van der Waals surface area contributed by atoms with Gasteiger partial charge in [0.15, 0.2) is 0 Å². The average molecular weight is 359 g/mol. The summed E-state index contributed by atoms with van der Waals surface area (Å²) in [6.45, 7) is 4.95. The van der Waals surface area contributed by atoms with Crippen molar-refractivity contribution in [1.29, 1.82) is 0 Å². The van der Waals surface area contributed by atoms with E-state index in [4.69, 9.17) is 0 Å². The van der Waals surface area contributed by atoms with Crippen molar-refractivity contribution in [2.45, 2.75) is 18.4 Å². The van der Waals surface area contributed by atoms with E-state index in [2.05, 4.69) is 34.1 Å². The molecule has 0 radical (unpaired) electrons. The largest absolute Gasteiger partial charge is 0.338 e. The highest BCUT2D eigenvalue weighted by atomic mass is 32.1. The molecular weight excluding hydrogens is 334 g/mol. The molecule has 7 heteroatoms. The van der Waals surface area contributed by atoms with Crippen LogP contribution in [0.2, 0.25) is 0 Å². The lowest BCUT2D eigenvalue weighted by Crippen LogP contribution is -2.64. The van der Waals surface area contributed by atoms with E-state index in [1.54, 1.807) is 17.5 Å². The molecule has 2 aliphatic heterocycles. The Morgan fingerprint density at radius 1 is 1.24 bits per heavy atom. The van der Waals surface area contributed by atoms with Gasteiger partial charge in [0.25, 0.3) is 5.91 Å². The molecular formula is C18H25N5OS. The standard InChI is InChI=1S/C18H25N5OS/c1-21-9-10-22(2)18(13-21)5-7-23(8-6-18)17(24)14-12-19-20-16(14)15-4-3-11-25-15/h3-4,11-12H,5-10,13H2,1-2H3,(H,19,20). The molecule has 1 N–H and O–H groups in total. The second-order valence-electron chi connectivity index (χ2n) is 7.31. The van der Waals surface area contributed by atoms with Crippen LogP contribution in [-0.4, -0.2) is 83.2 Å². The summed E-state index contributed by atoms with van der Waals surface area (Å²) in [6, 6.07) is 4.02. The second-order valence-corrected chi connectivity index (χ2v) is 8.26. The van der Waals surface area contributed by atoms with Gasteiger partial charge in [0.1, 0.15) is 0 Å². The highest BCUT2D eigenvalue weighted by molar-refractivity contribution is 7.13. The summed E-state index contributed by atoms with van der Waals surface area (Å²) < 4.78 is 0. The molecule has 2 aromatic rings. The number of likely N-dealkylation sites (N-methyl/N-ethyl adjacent to an activating group) is 2. The highest BCUT2D eigenvalue weighted by Crippen LogP contribution is 2.33. The van der Waals surface area contributed by atoms with Crippen LogP contribution in [0.1, 0.15) is 23.2 Å². The van der Waals surface area contributed by atoms with E-state index >= 15 is 0 Å². The fraction of sp³-hybridized carbons (Fsp3) is 0.556. The number of hydrogen-bond donors (Lipinski definition) is 1. The molecule has 0 saturated carbocycles. The molecule has 1 amide bonds. The molecule has 6 nitrogen and oxygen atoms in total. The lowest BCUT2D eigenvalue weighted by atomic mass is 9.83. The van der Waals surface area contributed by atoms with Gasteiger partial charge in [-0.3, -0.25) is 14.8 Å². The minimum absolute atomic E-state index is 0.0961. The maximum absolute atomic E-state index is 13.0. The predicted octanol–water partition coefficient (Wildman–Crippen LogP) is 1.99. The number of carbonyl (C=O) groups excluding carboxylic acids is 1. The Morgan fingerprint density at radius 3 is 2.76 bits per heavy atom. The van der Waals surface area contributed by atoms with Gasteiger partial charge in [0.05, 0.1) is 22.3 Å². The first kappa shape index (κ1) is 16.8. The molecule has 0 aliphatic carbocycles. The fourth-order valence-electron chi connectivity index (χ4n) is 4.15. The number of aromatic nitrogens is 2. The quantitative estimate of drug-likeness (QED) is 0.891. The van der Waals surface area contributed by atoms with Crippen molar-refractivity contribution >= 4 is 17.2 Å². The number of H-pyrrole nitrogens is 1. The third-order valence-electron chi connectivity index (χ3n) is 5.81. The lowest BCUT2D eigenvalue weighted by Gasteiger charge is -2.52. The Hall–Kier alpha value is -1.70. The fourth-order valence-corrected chi connectivity index (χ4v) is 4.89. The second kappa shape index (κ2) is 6.55. The summed E-state index contributed by atoms with van der Waals surface area (Å²) in [7, 11) is 4.43. The summed E-state index contributed by atoms with van der Waals surface area (Å²) in [6.07, 6.45) is 3.74. The molecule has 134 valence electrons. The van der Waals surface area contributed by atoms with Gasteiger partial charge < -0.3 is 9.80 Å². The van der Waals surface area contributed by atoms with Gasteiger partial charge in [-0.15, -0.1) is 11.3 Å². The maximum Gasteiger partial charge on any atom is 0.257 e. The average Bonchev–Trinajstić information content (AvgIpc) is 3.29. The van der Waals surface area contributed by atoms with E-state index < -0.39 is 0 Å². The monoisotopic (exact) mass is 359 g/mol. The molecule has 1 spiro atoms. The summed E-state index contributed by atoms with van der Waals surface area (Å²) in [5.41, 5.74) is 1.75. The van der Waals surface area contributed by atoms with Crippen LogP contribution in [0, 0.1) is 0 Å². The van der Waals surface area contributed by atoms with Crippen LogP contribution in [0.15, 0.2) is 23.7 Å². The smallest absolute Gasteiger partial charge is 0.257 e. The number of thiophene rings is 1. The molecule has 2 fully saturated rings. The molecule has 4 heterocycles. The summed E-state index contributed by atoms with van der Waals surface area (Å²) in [4.78, 5) is 21.0. The third kappa shape index (κ3) is 3.01. The highest BCUT2D eigenvalue weighted by Gasteiger charge is 2.42. The van der Waals surface area contributed by atoms with Gasteiger partial charge in [-0.1, -0.05) is 6.07 Å². The number of likely N-dealkylation sites (tertiary alicyclic amines) is 1. The Labute approximate surface area is 152 Å². The number of carbonyl (C=O) groups is 1. The van der Waals surface area contributed by atoms with Crippen molar-refractivity contribution < 1.29 is 4.79 Å². The number of hydrogen-bond acceptors (Lipinski definition) is 5. The van der Waals surface area contributed by atoms with Gasteiger partial charge in [0, 0.05) is 38.3 Å². The van der Waals surface area contributed by atoms with Crippen LogP contribution in [0.3, 0.4) is 0 Å². The summed E-state index contributed by atoms with van der Waals surface area (Å²) in [5.74, 6) is 0.0961. The molecule has 0 bridgehead atoms. The maximum atomic E-state index is 13.0. The Kier molecular flexibility index (Phi) is 4.39. The lowest BCUT2D eigenvalue weighted by molar-refractivity contribution is -0.0157. The van der Waals surface area contributed by atoms with Gasteiger partial charge in [-0.25, -0.2) is 0 Å². The first-order valence-electron chi connectivity index (χ1n) is 8.85. The molecule has 0 unspecified atom stereocenters. The van der Waals surface area contributed by atoms with E-state index in [0.717, 1.165) is 56.1 Å². The molecule has 2 aromatic heterocycles. The van der Waals surface area contributed by atoms with Crippen molar-refractivity contribution in [2.24, 2.45) is 0 Å².